The van der Waals surface area contributed by atoms with Crippen molar-refractivity contribution in [2.75, 3.05) is 0 Å². The first-order valence-corrected chi connectivity index (χ1v) is 0. The third-order valence-corrected chi connectivity index (χ3v) is 0. The Bertz CT molecular complexity index is 9.61. The Morgan fingerprint density at radius 1 is 1.00 bits per heavy atom. The molecule has 0 heterocycles. The molecule has 0 aromatic heterocycles. The predicted octanol–water partition coefficient (Wildman–Crippen LogP) is -3.12. The van der Waals surface area contributed by atoms with Crippen LogP contribution in [0, 0.1) is 0 Å². The average Bonchev–Trinajstić information content (AvgIpc) is 0. The SMILES string of the molecule is [H-].[Na+].[O-2].[O-2].[Ti+4]. The fourth-order valence-electron chi connectivity index (χ4n) is 0. The van der Waals surface area contributed by atoms with Crippen LogP contribution < -0.4 is 29.6 Å². The summed E-state index contributed by atoms with van der Waals surface area (Å²) in [7, 11) is 0. The second kappa shape index (κ2) is 22.9. The zero-order valence-corrected chi connectivity index (χ0v) is 5.88. The molecule has 0 aromatic carbocycles. The van der Waals surface area contributed by atoms with Crippen LogP contribution in [0.25, 0.3) is 0 Å². The summed E-state index contributed by atoms with van der Waals surface area (Å²) in [6.45, 7) is 0. The van der Waals surface area contributed by atoms with E-state index in [1.807, 2.05) is 0 Å². The Morgan fingerprint density at radius 2 is 1.00 bits per heavy atom. The quantitative estimate of drug-likeness (QED) is 0.292. The first-order valence-electron chi connectivity index (χ1n) is 0. The molecular weight excluding hydrogens is 103 g/mol. The minimum Gasteiger partial charge on any atom is -2.00 e. The summed E-state index contributed by atoms with van der Waals surface area (Å²) in [5, 5.41) is 0. The third-order valence-electron chi connectivity index (χ3n) is 0. The molecule has 0 aliphatic carbocycles. The average molecular weight is 104 g/mol. The number of rotatable bonds is 0. The van der Waals surface area contributed by atoms with E-state index in [1.54, 1.807) is 0 Å². The molecule has 0 radical (unpaired) electrons. The molecule has 0 atom stereocenters. The molecule has 0 unspecified atom stereocenters. The number of hydrogen-bond donors (Lipinski definition) is 0. The topological polar surface area (TPSA) is 57.0 Å². The zero-order valence-electron chi connectivity index (χ0n) is 3.32. The van der Waals surface area contributed by atoms with Gasteiger partial charge in [0, 0.05) is 0 Å². The van der Waals surface area contributed by atoms with Crippen LogP contribution in [0.3, 0.4) is 0 Å². The van der Waals surface area contributed by atoms with Gasteiger partial charge in [0.05, 0.1) is 0 Å². The van der Waals surface area contributed by atoms with Crippen molar-refractivity contribution in [3.8, 4) is 0 Å². The fourth-order valence-corrected chi connectivity index (χ4v) is 0. The van der Waals surface area contributed by atoms with Crippen LogP contribution in [0.2, 0.25) is 0 Å². The predicted molar refractivity (Wildman–Crippen MR) is 2.49 cm³/mol. The van der Waals surface area contributed by atoms with Gasteiger partial charge in [-0.05, 0) is 0 Å². The van der Waals surface area contributed by atoms with Gasteiger partial charge in [-0.25, -0.2) is 0 Å². The summed E-state index contributed by atoms with van der Waals surface area (Å²) in [5.41, 5.74) is 0. The van der Waals surface area contributed by atoms with Gasteiger partial charge in [0.1, 0.15) is 0 Å². The minimum atomic E-state index is 0. The van der Waals surface area contributed by atoms with Crippen LogP contribution in [0.5, 0.6) is 0 Å². The summed E-state index contributed by atoms with van der Waals surface area (Å²) in [5.74, 6) is 0. The maximum atomic E-state index is 0. The van der Waals surface area contributed by atoms with E-state index in [0.717, 1.165) is 0 Å². The molecule has 0 aliphatic rings. The summed E-state index contributed by atoms with van der Waals surface area (Å²) < 4.78 is 0. The van der Waals surface area contributed by atoms with E-state index >= 15 is 0 Å². The van der Waals surface area contributed by atoms with E-state index in [2.05, 4.69) is 0 Å². The molecule has 0 rings (SSSR count). The van der Waals surface area contributed by atoms with Crippen molar-refractivity contribution in [2.24, 2.45) is 0 Å². The van der Waals surface area contributed by atoms with Gasteiger partial charge in [0.25, 0.3) is 0 Å². The van der Waals surface area contributed by atoms with Gasteiger partial charge >= 0.3 is 51.3 Å². The molecule has 0 amide bonds. The Hall–Kier alpha value is 1.63. The molecular formula is HNaO2Ti. The summed E-state index contributed by atoms with van der Waals surface area (Å²) in [6, 6.07) is 0. The maximum absolute atomic E-state index is 0. The molecule has 0 aromatic rings. The second-order valence-electron chi connectivity index (χ2n) is 0. The van der Waals surface area contributed by atoms with Crippen molar-refractivity contribution in [3.63, 3.8) is 0 Å². The molecule has 4 heteroatoms. The third kappa shape index (κ3) is 9.44. The Labute approximate surface area is 63.2 Å². The van der Waals surface area contributed by atoms with Crippen molar-refractivity contribution in [1.29, 1.82) is 0 Å². The van der Waals surface area contributed by atoms with Gasteiger partial charge in [0.2, 0.25) is 0 Å². The molecule has 0 spiro atoms. The molecule has 0 saturated carbocycles. The van der Waals surface area contributed by atoms with Crippen LogP contribution >= 0.6 is 0 Å². The van der Waals surface area contributed by atoms with Gasteiger partial charge in [-0.1, -0.05) is 0 Å². The van der Waals surface area contributed by atoms with Crippen molar-refractivity contribution in [2.45, 2.75) is 0 Å². The molecule has 0 saturated heterocycles. The Balaban J connectivity index is 0. The van der Waals surface area contributed by atoms with Crippen molar-refractivity contribution in [3.05, 3.63) is 0 Å². The Kier molecular flexibility index (Phi) is 260. The van der Waals surface area contributed by atoms with Gasteiger partial charge in [0.15, 0.2) is 0 Å². The molecule has 18 valence electrons. The van der Waals surface area contributed by atoms with E-state index < -0.39 is 0 Å². The van der Waals surface area contributed by atoms with Crippen molar-refractivity contribution < 1.29 is 63.7 Å². The van der Waals surface area contributed by atoms with Crippen LogP contribution in [0.15, 0.2) is 0 Å². The maximum Gasteiger partial charge on any atom is 4.00 e. The van der Waals surface area contributed by atoms with E-state index in [4.69, 9.17) is 0 Å². The van der Waals surface area contributed by atoms with Gasteiger partial charge in [-0.15, -0.1) is 0 Å². The van der Waals surface area contributed by atoms with Crippen LogP contribution in [0.4, 0.5) is 0 Å². The molecule has 0 fully saturated rings. The molecule has 2 nitrogen and oxygen atoms in total. The molecule has 0 N–H and O–H groups in total. The van der Waals surface area contributed by atoms with Gasteiger partial charge in [-0.2, -0.15) is 0 Å². The standard InChI is InChI=1S/Na.2O.Ti.H/q+1;2*-2;+4;-1. The molecule has 0 aliphatic heterocycles. The van der Waals surface area contributed by atoms with E-state index in [1.165, 1.54) is 0 Å². The van der Waals surface area contributed by atoms with Crippen LogP contribution in [0.1, 0.15) is 1.43 Å². The molecule has 4 heavy (non-hydrogen) atoms. The van der Waals surface area contributed by atoms with Crippen LogP contribution in [-0.4, -0.2) is 0 Å². The van der Waals surface area contributed by atoms with Gasteiger partial charge < -0.3 is 12.4 Å². The number of hydrogen-bond acceptors (Lipinski definition) is 0. The first-order chi connectivity index (χ1) is 0. The van der Waals surface area contributed by atoms with Crippen molar-refractivity contribution >= 4 is 0 Å². The van der Waals surface area contributed by atoms with E-state index in [0.29, 0.717) is 0 Å². The zero-order chi connectivity index (χ0) is 0. The first kappa shape index (κ1) is 45.3. The minimum absolute atomic E-state index is 0. The second-order valence-corrected chi connectivity index (χ2v) is 0. The van der Waals surface area contributed by atoms with Crippen molar-refractivity contribution in [1.82, 2.24) is 0 Å². The van der Waals surface area contributed by atoms with Gasteiger partial charge in [-0.3, -0.25) is 0 Å². The normalized spacial score (nSPS) is 0. The van der Waals surface area contributed by atoms with E-state index in [-0.39, 0.29) is 63.7 Å². The largest absolute Gasteiger partial charge is 4.00 e. The Morgan fingerprint density at radius 3 is 1.00 bits per heavy atom. The summed E-state index contributed by atoms with van der Waals surface area (Å²) >= 11 is 0. The smallest absolute Gasteiger partial charge is 2.00 e. The fraction of sp³-hybridized carbons (Fsp3) is 0. The summed E-state index contributed by atoms with van der Waals surface area (Å²) in [4.78, 5) is 0. The summed E-state index contributed by atoms with van der Waals surface area (Å²) in [6.07, 6.45) is 0. The molecule has 0 bridgehead atoms. The van der Waals surface area contributed by atoms with E-state index in [9.17, 15) is 0 Å². The monoisotopic (exact) mass is 104 g/mol. The van der Waals surface area contributed by atoms with Crippen LogP contribution in [-0.2, 0) is 32.7 Å².